The number of carbonyl (C=O) groups is 1. The third kappa shape index (κ3) is 3.20. The van der Waals surface area contributed by atoms with Crippen LogP contribution in [0.2, 0.25) is 0 Å². The predicted octanol–water partition coefficient (Wildman–Crippen LogP) is 2.34. The molecule has 2 nitrogen and oxygen atoms in total. The van der Waals surface area contributed by atoms with Gasteiger partial charge in [0.25, 0.3) is 0 Å². The first kappa shape index (κ1) is 11.4. The molecular weight excluding hydrogens is 232 g/mol. The van der Waals surface area contributed by atoms with Gasteiger partial charge in [0.15, 0.2) is 11.6 Å². The van der Waals surface area contributed by atoms with Gasteiger partial charge in [-0.25, -0.2) is 8.78 Å². The molecule has 0 unspecified atom stereocenters. The largest absolute Gasteiger partial charge is 0.353 e. The lowest BCUT2D eigenvalue weighted by molar-refractivity contribution is -0.118. The standard InChI is InChI=1S/C11H11F2NOS/c12-9-4-3-8(5-10(9)13)16-6-11(15)14-7-1-2-7/h3-5,7H,1-2,6H2,(H,14,15). The molecule has 5 heteroatoms. The maximum absolute atomic E-state index is 12.8. The Morgan fingerprint density at radius 1 is 1.38 bits per heavy atom. The summed E-state index contributed by atoms with van der Waals surface area (Å²) in [4.78, 5) is 11.9. The minimum Gasteiger partial charge on any atom is -0.353 e. The molecule has 1 aromatic carbocycles. The van der Waals surface area contributed by atoms with Gasteiger partial charge in [0.2, 0.25) is 5.91 Å². The van der Waals surface area contributed by atoms with Crippen molar-refractivity contribution in [1.82, 2.24) is 5.32 Å². The first-order valence-corrected chi connectivity index (χ1v) is 6.01. The highest BCUT2D eigenvalue weighted by molar-refractivity contribution is 8.00. The van der Waals surface area contributed by atoms with Gasteiger partial charge >= 0.3 is 0 Å². The van der Waals surface area contributed by atoms with Gasteiger partial charge in [-0.15, -0.1) is 11.8 Å². The Labute approximate surface area is 96.4 Å². The topological polar surface area (TPSA) is 29.1 Å². The van der Waals surface area contributed by atoms with Gasteiger partial charge in [0.1, 0.15) is 0 Å². The number of nitrogens with one attached hydrogen (secondary N) is 1. The van der Waals surface area contributed by atoms with Crippen molar-refractivity contribution in [3.63, 3.8) is 0 Å². The van der Waals surface area contributed by atoms with Crippen molar-refractivity contribution in [1.29, 1.82) is 0 Å². The molecule has 1 saturated carbocycles. The van der Waals surface area contributed by atoms with Crippen LogP contribution in [0.15, 0.2) is 23.1 Å². The first-order valence-electron chi connectivity index (χ1n) is 5.02. The van der Waals surface area contributed by atoms with E-state index in [-0.39, 0.29) is 11.7 Å². The van der Waals surface area contributed by atoms with E-state index in [2.05, 4.69) is 5.32 Å². The van der Waals surface area contributed by atoms with Crippen molar-refractivity contribution in [2.45, 2.75) is 23.8 Å². The molecule has 0 aliphatic heterocycles. The molecule has 0 radical (unpaired) electrons. The van der Waals surface area contributed by atoms with E-state index >= 15 is 0 Å². The Bertz CT molecular complexity index is 407. The summed E-state index contributed by atoms with van der Waals surface area (Å²) in [6, 6.07) is 3.96. The number of hydrogen-bond donors (Lipinski definition) is 1. The Morgan fingerprint density at radius 3 is 2.75 bits per heavy atom. The van der Waals surface area contributed by atoms with Crippen molar-refractivity contribution in [3.05, 3.63) is 29.8 Å². The molecule has 0 aromatic heterocycles. The van der Waals surface area contributed by atoms with Crippen LogP contribution >= 0.6 is 11.8 Å². The zero-order chi connectivity index (χ0) is 11.5. The fourth-order valence-corrected chi connectivity index (χ4v) is 1.94. The van der Waals surface area contributed by atoms with Gasteiger partial charge in [-0.3, -0.25) is 4.79 Å². The normalized spacial score (nSPS) is 14.9. The Hall–Kier alpha value is -1.10. The average molecular weight is 243 g/mol. The SMILES string of the molecule is O=C(CSc1ccc(F)c(F)c1)NC1CC1. The van der Waals surface area contributed by atoms with Crippen molar-refractivity contribution in [2.24, 2.45) is 0 Å². The summed E-state index contributed by atoms with van der Waals surface area (Å²) in [5, 5.41) is 2.82. The van der Waals surface area contributed by atoms with Crippen LogP contribution in [-0.2, 0) is 4.79 Å². The van der Waals surface area contributed by atoms with Gasteiger partial charge in [0.05, 0.1) is 5.75 Å². The van der Waals surface area contributed by atoms with Crippen LogP contribution < -0.4 is 5.32 Å². The molecule has 0 heterocycles. The fraction of sp³-hybridized carbons (Fsp3) is 0.364. The second-order valence-electron chi connectivity index (χ2n) is 3.71. The molecule has 0 atom stereocenters. The van der Waals surface area contributed by atoms with Gasteiger partial charge in [-0.05, 0) is 31.0 Å². The Kier molecular flexibility index (Phi) is 3.43. The van der Waals surface area contributed by atoms with E-state index in [0.29, 0.717) is 10.9 Å². The number of hydrogen-bond acceptors (Lipinski definition) is 2. The lowest BCUT2D eigenvalue weighted by Crippen LogP contribution is -2.26. The highest BCUT2D eigenvalue weighted by Gasteiger charge is 2.22. The summed E-state index contributed by atoms with van der Waals surface area (Å²) in [7, 11) is 0. The molecule has 0 spiro atoms. The molecule has 86 valence electrons. The predicted molar refractivity (Wildman–Crippen MR) is 58.2 cm³/mol. The van der Waals surface area contributed by atoms with Crippen LogP contribution in [0.1, 0.15) is 12.8 Å². The first-order chi connectivity index (χ1) is 7.65. The lowest BCUT2D eigenvalue weighted by atomic mass is 10.3. The zero-order valence-corrected chi connectivity index (χ0v) is 9.32. The molecule has 16 heavy (non-hydrogen) atoms. The average Bonchev–Trinajstić information content (AvgIpc) is 3.04. The highest BCUT2D eigenvalue weighted by Crippen LogP contribution is 2.22. The second kappa shape index (κ2) is 4.82. The number of halogens is 2. The molecule has 1 fully saturated rings. The minimum atomic E-state index is -0.882. The van der Waals surface area contributed by atoms with Crippen LogP contribution in [0.5, 0.6) is 0 Å². The lowest BCUT2D eigenvalue weighted by Gasteiger charge is -2.03. The van der Waals surface area contributed by atoms with E-state index in [1.807, 2.05) is 0 Å². The Balaban J connectivity index is 1.83. The van der Waals surface area contributed by atoms with Gasteiger partial charge in [0, 0.05) is 10.9 Å². The molecule has 1 aromatic rings. The van der Waals surface area contributed by atoms with Crippen LogP contribution in [0.3, 0.4) is 0 Å². The monoisotopic (exact) mass is 243 g/mol. The van der Waals surface area contributed by atoms with Crippen LogP contribution in [0.25, 0.3) is 0 Å². The van der Waals surface area contributed by atoms with Crippen molar-refractivity contribution >= 4 is 17.7 Å². The maximum Gasteiger partial charge on any atom is 0.230 e. The van der Waals surface area contributed by atoms with E-state index in [0.717, 1.165) is 25.0 Å². The van der Waals surface area contributed by atoms with Crippen LogP contribution in [-0.4, -0.2) is 17.7 Å². The van der Waals surface area contributed by atoms with Gasteiger partial charge in [-0.1, -0.05) is 0 Å². The third-order valence-corrected chi connectivity index (χ3v) is 3.20. The van der Waals surface area contributed by atoms with Crippen molar-refractivity contribution < 1.29 is 13.6 Å². The third-order valence-electron chi connectivity index (χ3n) is 2.20. The van der Waals surface area contributed by atoms with Gasteiger partial charge < -0.3 is 5.32 Å². The molecule has 1 aliphatic carbocycles. The van der Waals surface area contributed by atoms with Crippen LogP contribution in [0.4, 0.5) is 8.78 Å². The summed E-state index contributed by atoms with van der Waals surface area (Å²) in [5.41, 5.74) is 0. The molecule has 2 rings (SSSR count). The quantitative estimate of drug-likeness (QED) is 0.822. The van der Waals surface area contributed by atoms with Crippen molar-refractivity contribution in [2.75, 3.05) is 5.75 Å². The smallest absolute Gasteiger partial charge is 0.230 e. The molecule has 0 saturated heterocycles. The number of rotatable bonds is 4. The summed E-state index contributed by atoms with van der Waals surface area (Å²) in [6.07, 6.45) is 2.09. The van der Waals surface area contributed by atoms with E-state index in [4.69, 9.17) is 0 Å². The fourth-order valence-electron chi connectivity index (χ4n) is 1.21. The van der Waals surface area contributed by atoms with E-state index < -0.39 is 11.6 Å². The molecule has 0 bridgehead atoms. The summed E-state index contributed by atoms with van der Waals surface area (Å²) in [5.74, 6) is -1.57. The second-order valence-corrected chi connectivity index (χ2v) is 4.76. The van der Waals surface area contributed by atoms with Crippen LogP contribution in [0, 0.1) is 11.6 Å². The van der Waals surface area contributed by atoms with Gasteiger partial charge in [-0.2, -0.15) is 0 Å². The summed E-state index contributed by atoms with van der Waals surface area (Å²) in [6.45, 7) is 0. The van der Waals surface area contributed by atoms with Crippen molar-refractivity contribution in [3.8, 4) is 0 Å². The van der Waals surface area contributed by atoms with E-state index in [1.165, 1.54) is 17.8 Å². The summed E-state index contributed by atoms with van der Waals surface area (Å²) < 4.78 is 25.4. The molecule has 1 amide bonds. The number of thioether (sulfide) groups is 1. The van der Waals surface area contributed by atoms with E-state index in [1.54, 1.807) is 0 Å². The Morgan fingerprint density at radius 2 is 2.12 bits per heavy atom. The highest BCUT2D eigenvalue weighted by atomic mass is 32.2. The maximum atomic E-state index is 12.8. The number of amides is 1. The zero-order valence-electron chi connectivity index (χ0n) is 8.50. The summed E-state index contributed by atoms with van der Waals surface area (Å²) >= 11 is 1.20. The molecule has 1 aliphatic rings. The molecular formula is C11H11F2NOS. The number of benzene rings is 1. The number of carbonyl (C=O) groups excluding carboxylic acids is 1. The van der Waals surface area contributed by atoms with E-state index in [9.17, 15) is 13.6 Å². The minimum absolute atomic E-state index is 0.0581. The molecule has 1 N–H and O–H groups in total.